The number of nitrogens with zero attached hydrogens (tertiary/aromatic N) is 1. The first-order valence-corrected chi connectivity index (χ1v) is 15.2. The number of nitrogens with one attached hydrogen (secondary N) is 4. The van der Waals surface area contributed by atoms with Gasteiger partial charge in [0.15, 0.2) is 5.11 Å². The van der Waals surface area contributed by atoms with Crippen LogP contribution in [0.4, 0.5) is 11.4 Å². The second-order valence-corrected chi connectivity index (χ2v) is 12.7. The van der Waals surface area contributed by atoms with Gasteiger partial charge in [0.2, 0.25) is 15.9 Å². The van der Waals surface area contributed by atoms with E-state index in [0.717, 1.165) is 11.3 Å². The molecule has 0 saturated carbocycles. The van der Waals surface area contributed by atoms with Crippen LogP contribution in [-0.4, -0.2) is 49.6 Å². The number of anilines is 2. The number of sulfonamides is 1. The van der Waals surface area contributed by atoms with Crippen molar-refractivity contribution >= 4 is 75.4 Å². The molecule has 14 heteroatoms. The molecule has 0 aliphatic rings. The number of thiazole rings is 1. The van der Waals surface area contributed by atoms with Gasteiger partial charge in [-0.3, -0.25) is 9.59 Å². The maximum Gasteiger partial charge on any atom is 0.324 e. The number of ether oxygens (including phenoxy) is 1. The molecule has 0 aliphatic heterocycles. The Morgan fingerprint density at radius 3 is 2.20 bits per heavy atom. The lowest BCUT2D eigenvalue weighted by Gasteiger charge is -2.21. The third-order valence-corrected chi connectivity index (χ3v) is 8.36. The second kappa shape index (κ2) is 14.7. The molecular formula is C27H35N5O5S4. The van der Waals surface area contributed by atoms with E-state index in [0.29, 0.717) is 26.2 Å². The minimum Gasteiger partial charge on any atom is -0.468 e. The van der Waals surface area contributed by atoms with Crippen LogP contribution in [0.2, 0.25) is 0 Å². The van der Waals surface area contributed by atoms with Crippen LogP contribution in [0.3, 0.4) is 0 Å². The van der Waals surface area contributed by atoms with Crippen molar-refractivity contribution in [1.29, 1.82) is 0 Å². The van der Waals surface area contributed by atoms with E-state index in [1.54, 1.807) is 32.2 Å². The molecule has 3 rings (SSSR count). The molecule has 1 amide bonds. The summed E-state index contributed by atoms with van der Waals surface area (Å²) in [5.74, 6) is -1.42. The summed E-state index contributed by atoms with van der Waals surface area (Å²) in [5.41, 5.74) is 2.33. The van der Waals surface area contributed by atoms with E-state index < -0.39 is 22.0 Å². The number of esters is 1. The van der Waals surface area contributed by atoms with Crippen LogP contribution in [0.1, 0.15) is 34.6 Å². The van der Waals surface area contributed by atoms with Crippen LogP contribution in [-0.2, 0) is 24.3 Å². The molecule has 2 aromatic carbocycles. The molecule has 41 heavy (non-hydrogen) atoms. The smallest absolute Gasteiger partial charge is 0.324 e. The average Bonchev–Trinajstić information content (AvgIpc) is 3.36. The van der Waals surface area contributed by atoms with Crippen LogP contribution in [0.15, 0.2) is 53.6 Å². The van der Waals surface area contributed by atoms with E-state index in [1.807, 2.05) is 38.1 Å². The van der Waals surface area contributed by atoms with E-state index in [-0.39, 0.29) is 36.3 Å². The van der Waals surface area contributed by atoms with Gasteiger partial charge >= 0.3 is 5.97 Å². The van der Waals surface area contributed by atoms with Crippen LogP contribution < -0.4 is 20.7 Å². The number of hydrogen-bond donors (Lipinski definition) is 4. The standard InChI is InChI=1S/C27H33N5O5S3.H2S/c1-15(2)24(26(34)37-6)32-40(35,36)23-13-20(30-17(5)33)11-12-21(23)22-14-28-25(39-22)18-7-9-19(10-8-18)31-27(38)29-16(3)4;/h7-16,24,32H,1-6H3,(H,30,33)(H2,29,31,38);1H2/t24-;/m0./s1. The summed E-state index contributed by atoms with van der Waals surface area (Å²) in [4.78, 5) is 29.0. The zero-order valence-corrected chi connectivity index (χ0v) is 27.0. The molecule has 3 aromatic rings. The van der Waals surface area contributed by atoms with Gasteiger partial charge in [-0.05, 0) is 68.4 Å². The maximum atomic E-state index is 13.6. The molecule has 0 fully saturated rings. The number of methoxy groups -OCH3 is 1. The fourth-order valence-corrected chi connectivity index (χ4v) is 6.66. The molecule has 10 nitrogen and oxygen atoms in total. The molecule has 1 atom stereocenters. The Balaban J connectivity index is 0.00000588. The largest absolute Gasteiger partial charge is 0.468 e. The monoisotopic (exact) mass is 637 g/mol. The lowest BCUT2D eigenvalue weighted by Crippen LogP contribution is -2.45. The number of carbonyl (C=O) groups is 2. The molecular weight excluding hydrogens is 603 g/mol. The number of carbonyl (C=O) groups excluding carboxylic acids is 2. The number of rotatable bonds is 10. The third kappa shape index (κ3) is 9.23. The number of amides is 1. The predicted octanol–water partition coefficient (Wildman–Crippen LogP) is 4.72. The van der Waals surface area contributed by atoms with Gasteiger partial charge in [0.1, 0.15) is 11.0 Å². The summed E-state index contributed by atoms with van der Waals surface area (Å²) in [6.07, 6.45) is 1.60. The van der Waals surface area contributed by atoms with Gasteiger partial charge in [0.05, 0.1) is 16.9 Å². The van der Waals surface area contributed by atoms with E-state index in [4.69, 9.17) is 17.0 Å². The van der Waals surface area contributed by atoms with Crippen molar-refractivity contribution in [2.75, 3.05) is 17.7 Å². The SMILES string of the molecule is COC(=O)[C@@H](NS(=O)(=O)c1cc(NC(C)=O)ccc1-c1cnc(-c2ccc(NC(=S)NC(C)C)cc2)s1)C(C)C.S. The fraction of sp³-hybridized carbons (Fsp3) is 0.333. The number of thiocarbonyl (C=S) groups is 1. The molecule has 0 unspecified atom stereocenters. The minimum absolute atomic E-state index is 0. The molecule has 222 valence electrons. The highest BCUT2D eigenvalue weighted by Gasteiger charge is 2.31. The van der Waals surface area contributed by atoms with Gasteiger partial charge in [0, 0.05) is 41.7 Å². The number of benzene rings is 2. The summed E-state index contributed by atoms with van der Waals surface area (Å²) in [6.45, 7) is 8.75. The molecule has 4 N–H and O–H groups in total. The first-order valence-electron chi connectivity index (χ1n) is 12.5. The van der Waals surface area contributed by atoms with E-state index in [1.165, 1.54) is 31.4 Å². The van der Waals surface area contributed by atoms with Crippen molar-refractivity contribution in [3.05, 3.63) is 48.7 Å². The zero-order valence-electron chi connectivity index (χ0n) is 23.6. The number of hydrogen-bond acceptors (Lipinski definition) is 8. The first kappa shape index (κ1) is 34.2. The Labute approximate surface area is 257 Å². The molecule has 0 saturated heterocycles. The lowest BCUT2D eigenvalue weighted by molar-refractivity contribution is -0.143. The molecule has 0 aliphatic carbocycles. The fourth-order valence-electron chi connectivity index (χ4n) is 3.70. The van der Waals surface area contributed by atoms with E-state index in [2.05, 4.69) is 25.7 Å². The van der Waals surface area contributed by atoms with Gasteiger partial charge in [-0.25, -0.2) is 13.4 Å². The van der Waals surface area contributed by atoms with Crippen molar-refractivity contribution in [3.63, 3.8) is 0 Å². The van der Waals surface area contributed by atoms with Crippen molar-refractivity contribution in [2.45, 2.75) is 51.6 Å². The Morgan fingerprint density at radius 1 is 1.00 bits per heavy atom. The second-order valence-electron chi connectivity index (χ2n) is 9.62. The summed E-state index contributed by atoms with van der Waals surface area (Å²) < 4.78 is 34.5. The zero-order chi connectivity index (χ0) is 29.6. The Hall–Kier alpha value is -3.04. The van der Waals surface area contributed by atoms with Crippen molar-refractivity contribution < 1.29 is 22.7 Å². The summed E-state index contributed by atoms with van der Waals surface area (Å²) >= 11 is 6.61. The van der Waals surface area contributed by atoms with Gasteiger partial charge < -0.3 is 20.7 Å². The third-order valence-electron chi connectivity index (χ3n) is 5.58. The lowest BCUT2D eigenvalue weighted by atomic mass is 10.1. The summed E-state index contributed by atoms with van der Waals surface area (Å²) in [5, 5.41) is 10.1. The van der Waals surface area contributed by atoms with Gasteiger partial charge in [-0.15, -0.1) is 11.3 Å². The molecule has 0 bridgehead atoms. The predicted molar refractivity (Wildman–Crippen MR) is 173 cm³/mol. The van der Waals surface area contributed by atoms with Crippen LogP contribution in [0, 0.1) is 5.92 Å². The van der Waals surface area contributed by atoms with Crippen molar-refractivity contribution in [1.82, 2.24) is 15.0 Å². The molecule has 0 radical (unpaired) electrons. The quantitative estimate of drug-likeness (QED) is 0.184. The molecule has 0 spiro atoms. The number of aromatic nitrogens is 1. The van der Waals surface area contributed by atoms with Gasteiger partial charge in [-0.2, -0.15) is 18.2 Å². The maximum absolute atomic E-state index is 13.6. The normalized spacial score (nSPS) is 11.9. The van der Waals surface area contributed by atoms with Crippen LogP contribution in [0.5, 0.6) is 0 Å². The highest BCUT2D eigenvalue weighted by molar-refractivity contribution is 7.89. The van der Waals surface area contributed by atoms with Gasteiger partial charge in [0.25, 0.3) is 0 Å². The van der Waals surface area contributed by atoms with E-state index >= 15 is 0 Å². The minimum atomic E-state index is -4.23. The van der Waals surface area contributed by atoms with Gasteiger partial charge in [-0.1, -0.05) is 19.9 Å². The first-order chi connectivity index (χ1) is 18.8. The van der Waals surface area contributed by atoms with Crippen molar-refractivity contribution in [2.24, 2.45) is 5.92 Å². The summed E-state index contributed by atoms with van der Waals surface area (Å²) in [6, 6.07) is 11.2. The molecule has 1 heterocycles. The Morgan fingerprint density at radius 2 is 1.63 bits per heavy atom. The Kier molecular flexibility index (Phi) is 12.3. The average molecular weight is 638 g/mol. The van der Waals surface area contributed by atoms with Crippen molar-refractivity contribution in [3.8, 4) is 21.0 Å². The summed E-state index contributed by atoms with van der Waals surface area (Å²) in [7, 11) is -3.03. The highest BCUT2D eigenvalue weighted by Crippen LogP contribution is 2.37. The van der Waals surface area contributed by atoms with Crippen LogP contribution in [0.25, 0.3) is 21.0 Å². The molecule has 1 aromatic heterocycles. The highest BCUT2D eigenvalue weighted by atomic mass is 32.2. The van der Waals surface area contributed by atoms with E-state index in [9.17, 15) is 18.0 Å². The Bertz CT molecular complexity index is 1490. The van der Waals surface area contributed by atoms with Crippen LogP contribution >= 0.6 is 37.1 Å². The topological polar surface area (TPSA) is 139 Å².